The molecule has 0 heterocycles. The summed E-state index contributed by atoms with van der Waals surface area (Å²) in [5.41, 5.74) is 0. The molecule has 0 aliphatic rings. The zero-order valence-electron chi connectivity index (χ0n) is 7.23. The first kappa shape index (κ1) is 10.1. The van der Waals surface area contributed by atoms with E-state index in [2.05, 4.69) is 6.92 Å². The molecule has 0 nitrogen and oxygen atoms in total. The molecule has 0 aromatic heterocycles. The topological polar surface area (TPSA) is 0 Å². The molecule has 0 bridgehead atoms. The van der Waals surface area contributed by atoms with E-state index in [0.717, 1.165) is 6.32 Å². The standard InChI is InChI=1S/C9H19B/c1-2-3-4-5-6-7-8-9-10/h2-9H2,1H3. The summed E-state index contributed by atoms with van der Waals surface area (Å²) in [6.07, 6.45) is 10.4. The molecule has 0 aliphatic heterocycles. The highest BCUT2D eigenvalue weighted by molar-refractivity contribution is 6.08. The molecule has 0 aromatic rings. The predicted molar refractivity (Wildman–Crippen MR) is 48.6 cm³/mol. The summed E-state index contributed by atoms with van der Waals surface area (Å²) >= 11 is 0. The summed E-state index contributed by atoms with van der Waals surface area (Å²) in [6.45, 7) is 2.25. The second-order valence-corrected chi connectivity index (χ2v) is 2.91. The van der Waals surface area contributed by atoms with Crippen LogP contribution in [0, 0.1) is 0 Å². The van der Waals surface area contributed by atoms with E-state index in [4.69, 9.17) is 7.85 Å². The lowest BCUT2D eigenvalue weighted by molar-refractivity contribution is 0.602. The van der Waals surface area contributed by atoms with E-state index in [9.17, 15) is 0 Å². The minimum Gasteiger partial charge on any atom is -0.0887 e. The van der Waals surface area contributed by atoms with Crippen LogP contribution >= 0.6 is 0 Å². The van der Waals surface area contributed by atoms with Crippen molar-refractivity contribution in [3.63, 3.8) is 0 Å². The summed E-state index contributed by atoms with van der Waals surface area (Å²) in [7, 11) is 5.37. The Hall–Kier alpha value is 0.0649. The van der Waals surface area contributed by atoms with Crippen molar-refractivity contribution in [2.24, 2.45) is 0 Å². The molecule has 58 valence electrons. The first-order chi connectivity index (χ1) is 4.91. The van der Waals surface area contributed by atoms with Crippen molar-refractivity contribution in [1.29, 1.82) is 0 Å². The van der Waals surface area contributed by atoms with Gasteiger partial charge in [-0.05, 0) is 0 Å². The van der Waals surface area contributed by atoms with Crippen molar-refractivity contribution in [1.82, 2.24) is 0 Å². The average Bonchev–Trinajstić information content (AvgIpc) is 1.97. The second kappa shape index (κ2) is 9.06. The van der Waals surface area contributed by atoms with Crippen LogP contribution in [0.5, 0.6) is 0 Å². The van der Waals surface area contributed by atoms with Gasteiger partial charge < -0.3 is 0 Å². The molecule has 0 saturated carbocycles. The third kappa shape index (κ3) is 8.06. The number of hydrogen-bond donors (Lipinski definition) is 0. The van der Waals surface area contributed by atoms with Crippen LogP contribution in [0.25, 0.3) is 0 Å². The third-order valence-corrected chi connectivity index (χ3v) is 1.81. The summed E-state index contributed by atoms with van der Waals surface area (Å²) in [4.78, 5) is 0. The minimum atomic E-state index is 0.869. The van der Waals surface area contributed by atoms with Crippen molar-refractivity contribution in [3.8, 4) is 0 Å². The van der Waals surface area contributed by atoms with Gasteiger partial charge >= 0.3 is 0 Å². The van der Waals surface area contributed by atoms with E-state index in [-0.39, 0.29) is 0 Å². The molecule has 0 aliphatic carbocycles. The highest BCUT2D eigenvalue weighted by atomic mass is 13.9. The van der Waals surface area contributed by atoms with Gasteiger partial charge in [-0.25, -0.2) is 0 Å². The molecule has 0 aromatic carbocycles. The Kier molecular flexibility index (Phi) is 9.12. The Bertz CT molecular complexity index is 44.7. The van der Waals surface area contributed by atoms with Gasteiger partial charge in [0.25, 0.3) is 0 Å². The highest BCUT2D eigenvalue weighted by Gasteiger charge is 1.87. The Labute approximate surface area is 66.8 Å². The van der Waals surface area contributed by atoms with Gasteiger partial charge in [-0.3, -0.25) is 0 Å². The molecule has 0 rings (SSSR count). The maximum Gasteiger partial charge on any atom is 0.0653 e. The van der Waals surface area contributed by atoms with Gasteiger partial charge in [0, 0.05) is 0 Å². The Morgan fingerprint density at radius 3 is 1.80 bits per heavy atom. The van der Waals surface area contributed by atoms with Gasteiger partial charge in [-0.1, -0.05) is 58.2 Å². The van der Waals surface area contributed by atoms with E-state index >= 15 is 0 Å². The molecule has 0 atom stereocenters. The normalized spacial score (nSPS) is 10.1. The first-order valence-corrected chi connectivity index (χ1v) is 4.62. The average molecular weight is 138 g/mol. The molecule has 2 radical (unpaired) electrons. The van der Waals surface area contributed by atoms with Crippen molar-refractivity contribution in [2.75, 3.05) is 0 Å². The molecule has 0 fully saturated rings. The lowest BCUT2D eigenvalue weighted by Gasteiger charge is -1.97. The summed E-state index contributed by atoms with van der Waals surface area (Å²) < 4.78 is 0. The molecule has 0 N–H and O–H groups in total. The lowest BCUT2D eigenvalue weighted by Crippen LogP contribution is -1.78. The molecule has 0 saturated heterocycles. The van der Waals surface area contributed by atoms with Crippen LogP contribution in [0.15, 0.2) is 0 Å². The van der Waals surface area contributed by atoms with Gasteiger partial charge in [0.05, 0.1) is 7.85 Å². The highest BCUT2D eigenvalue weighted by Crippen LogP contribution is 2.07. The van der Waals surface area contributed by atoms with Gasteiger partial charge in [0.1, 0.15) is 0 Å². The minimum absolute atomic E-state index is 0.869. The maximum atomic E-state index is 5.37. The summed E-state index contributed by atoms with van der Waals surface area (Å²) in [5.74, 6) is 0. The van der Waals surface area contributed by atoms with E-state index in [1.807, 2.05) is 0 Å². The fourth-order valence-electron chi connectivity index (χ4n) is 1.10. The SMILES string of the molecule is [B]CCCCCCCCC. The number of rotatable bonds is 7. The van der Waals surface area contributed by atoms with Crippen LogP contribution in [0.2, 0.25) is 6.32 Å². The fraction of sp³-hybridized carbons (Fsp3) is 1.00. The lowest BCUT2D eigenvalue weighted by atomic mass is 9.98. The van der Waals surface area contributed by atoms with Crippen LogP contribution in [0.4, 0.5) is 0 Å². The summed E-state index contributed by atoms with van der Waals surface area (Å²) in [5, 5.41) is 0. The predicted octanol–water partition coefficient (Wildman–Crippen LogP) is 3.32. The van der Waals surface area contributed by atoms with Gasteiger partial charge in [-0.2, -0.15) is 0 Å². The molecule has 0 amide bonds. The smallest absolute Gasteiger partial charge is 0.0653 e. The largest absolute Gasteiger partial charge is 0.0887 e. The molecule has 0 spiro atoms. The molecule has 1 heteroatoms. The van der Waals surface area contributed by atoms with E-state index in [0.29, 0.717) is 0 Å². The molecular formula is C9H19B. The number of hydrogen-bond acceptors (Lipinski definition) is 0. The quantitative estimate of drug-likeness (QED) is 0.374. The number of unbranched alkanes of at least 4 members (excludes halogenated alkanes) is 6. The van der Waals surface area contributed by atoms with Gasteiger partial charge in [0.2, 0.25) is 0 Å². The van der Waals surface area contributed by atoms with Crippen LogP contribution in [0.3, 0.4) is 0 Å². The Balaban J connectivity index is 2.65. The monoisotopic (exact) mass is 138 g/mol. The van der Waals surface area contributed by atoms with E-state index in [1.54, 1.807) is 0 Å². The molecule has 0 unspecified atom stereocenters. The zero-order chi connectivity index (χ0) is 7.66. The van der Waals surface area contributed by atoms with Gasteiger partial charge in [0.15, 0.2) is 0 Å². The van der Waals surface area contributed by atoms with E-state index < -0.39 is 0 Å². The summed E-state index contributed by atoms with van der Waals surface area (Å²) in [6, 6.07) is 0. The Morgan fingerprint density at radius 2 is 1.30 bits per heavy atom. The first-order valence-electron chi connectivity index (χ1n) is 4.62. The van der Waals surface area contributed by atoms with Crippen molar-refractivity contribution < 1.29 is 0 Å². The van der Waals surface area contributed by atoms with Crippen LogP contribution in [0.1, 0.15) is 51.9 Å². The molecular weight excluding hydrogens is 119 g/mol. The Morgan fingerprint density at radius 1 is 0.800 bits per heavy atom. The van der Waals surface area contributed by atoms with Crippen molar-refractivity contribution in [2.45, 2.75) is 58.2 Å². The fourth-order valence-corrected chi connectivity index (χ4v) is 1.10. The third-order valence-electron chi connectivity index (χ3n) is 1.81. The van der Waals surface area contributed by atoms with Gasteiger partial charge in [-0.15, -0.1) is 0 Å². The van der Waals surface area contributed by atoms with Crippen LogP contribution in [-0.2, 0) is 0 Å². The van der Waals surface area contributed by atoms with E-state index in [1.165, 1.54) is 44.9 Å². The maximum absolute atomic E-state index is 5.37. The molecule has 10 heavy (non-hydrogen) atoms. The van der Waals surface area contributed by atoms with Crippen LogP contribution < -0.4 is 0 Å². The van der Waals surface area contributed by atoms with Crippen LogP contribution in [-0.4, -0.2) is 7.85 Å². The second-order valence-electron chi connectivity index (χ2n) is 2.91. The zero-order valence-corrected chi connectivity index (χ0v) is 7.23. The van der Waals surface area contributed by atoms with Crippen molar-refractivity contribution >= 4 is 7.85 Å². The van der Waals surface area contributed by atoms with Crippen molar-refractivity contribution in [3.05, 3.63) is 0 Å².